The van der Waals surface area contributed by atoms with E-state index in [9.17, 15) is 9.90 Å². The summed E-state index contributed by atoms with van der Waals surface area (Å²) in [7, 11) is 3.35. The topological polar surface area (TPSA) is 91.7 Å². The van der Waals surface area contributed by atoms with E-state index in [0.717, 1.165) is 16.7 Å². The minimum atomic E-state index is -0.206. The van der Waals surface area contributed by atoms with E-state index in [4.69, 9.17) is 4.74 Å². The van der Waals surface area contributed by atoms with Gasteiger partial charge in [0.15, 0.2) is 11.5 Å². The summed E-state index contributed by atoms with van der Waals surface area (Å²) < 4.78 is 5.81. The first kappa shape index (κ1) is 18.7. The summed E-state index contributed by atoms with van der Waals surface area (Å²) >= 11 is 0. The van der Waals surface area contributed by atoms with Crippen molar-refractivity contribution in [3.8, 4) is 22.6 Å². The van der Waals surface area contributed by atoms with E-state index < -0.39 is 0 Å². The molecule has 0 fully saturated rings. The summed E-state index contributed by atoms with van der Waals surface area (Å²) in [6.07, 6.45) is 6.54. The van der Waals surface area contributed by atoms with Crippen LogP contribution in [0.2, 0.25) is 0 Å². The smallest absolute Gasteiger partial charge is 0.273 e. The Labute approximate surface area is 168 Å². The van der Waals surface area contributed by atoms with Gasteiger partial charge < -0.3 is 19.6 Å². The fraction of sp³-hybridized carbons (Fsp3) is 0.238. The van der Waals surface area contributed by atoms with Crippen LogP contribution in [0.5, 0.6) is 11.5 Å². The number of carbonyl (C=O) groups excluding carboxylic acids is 1. The second-order valence-electron chi connectivity index (χ2n) is 6.96. The molecule has 0 aliphatic carbocycles. The molecule has 0 atom stereocenters. The molecule has 1 N–H and O–H groups in total. The highest BCUT2D eigenvalue weighted by Gasteiger charge is 2.22. The van der Waals surface area contributed by atoms with Crippen molar-refractivity contribution >= 4 is 11.7 Å². The summed E-state index contributed by atoms with van der Waals surface area (Å²) in [4.78, 5) is 28.5. The maximum absolute atomic E-state index is 12.2. The maximum atomic E-state index is 12.2. The zero-order valence-corrected chi connectivity index (χ0v) is 16.2. The predicted octanol–water partition coefficient (Wildman–Crippen LogP) is 2.34. The molecule has 148 valence electrons. The Balaban J connectivity index is 1.69. The van der Waals surface area contributed by atoms with Crippen LogP contribution in [0.3, 0.4) is 0 Å². The molecule has 8 nitrogen and oxygen atoms in total. The molecule has 8 heteroatoms. The van der Waals surface area contributed by atoms with Gasteiger partial charge >= 0.3 is 0 Å². The SMILES string of the molecule is CN(C)C(=O)c1cncc(N2CCOc3c(O)cc(-c4cccnc4)cc3C2)n1. The Kier molecular flexibility index (Phi) is 4.99. The molecule has 1 aliphatic rings. The average molecular weight is 391 g/mol. The Morgan fingerprint density at radius 3 is 2.79 bits per heavy atom. The standard InChI is InChI=1S/C21H21N5O3/c1-25(2)21(28)17-11-23-12-19(24-17)26-6-7-29-20-16(13-26)8-15(9-18(20)27)14-4-3-5-22-10-14/h3-5,8-12,27H,6-7,13H2,1-2H3. The number of ether oxygens (including phenoxy) is 1. The van der Waals surface area contributed by atoms with Crippen LogP contribution in [0.15, 0.2) is 49.1 Å². The molecule has 0 bridgehead atoms. The molecular weight excluding hydrogens is 370 g/mol. The minimum absolute atomic E-state index is 0.0887. The van der Waals surface area contributed by atoms with Crippen LogP contribution >= 0.6 is 0 Å². The van der Waals surface area contributed by atoms with E-state index >= 15 is 0 Å². The first-order valence-electron chi connectivity index (χ1n) is 9.20. The van der Waals surface area contributed by atoms with Crippen LogP contribution in [0.1, 0.15) is 16.1 Å². The average Bonchev–Trinajstić information content (AvgIpc) is 2.97. The van der Waals surface area contributed by atoms with Crippen molar-refractivity contribution < 1.29 is 14.6 Å². The first-order valence-corrected chi connectivity index (χ1v) is 9.20. The van der Waals surface area contributed by atoms with Crippen LogP contribution in [-0.4, -0.2) is 58.1 Å². The third-order valence-electron chi connectivity index (χ3n) is 4.68. The maximum Gasteiger partial charge on any atom is 0.273 e. The van der Waals surface area contributed by atoms with Gasteiger partial charge in [-0.15, -0.1) is 0 Å². The number of nitrogens with zero attached hydrogens (tertiary/aromatic N) is 5. The molecule has 0 unspecified atom stereocenters. The van der Waals surface area contributed by atoms with Gasteiger partial charge in [0.25, 0.3) is 5.91 Å². The lowest BCUT2D eigenvalue weighted by Crippen LogP contribution is -2.28. The van der Waals surface area contributed by atoms with Gasteiger partial charge in [-0.25, -0.2) is 4.98 Å². The number of benzene rings is 1. The summed E-state index contributed by atoms with van der Waals surface area (Å²) in [5.41, 5.74) is 2.86. The van der Waals surface area contributed by atoms with Crippen molar-refractivity contribution in [3.05, 3.63) is 60.3 Å². The van der Waals surface area contributed by atoms with Gasteiger partial charge in [0.05, 0.1) is 18.9 Å². The van der Waals surface area contributed by atoms with E-state index in [1.165, 1.54) is 11.1 Å². The first-order chi connectivity index (χ1) is 14.0. The molecule has 1 amide bonds. The van der Waals surface area contributed by atoms with Crippen LogP contribution in [-0.2, 0) is 6.54 Å². The van der Waals surface area contributed by atoms with E-state index in [-0.39, 0.29) is 17.4 Å². The number of phenolic OH excluding ortho intramolecular Hbond substituents is 1. The second kappa shape index (κ2) is 7.75. The van der Waals surface area contributed by atoms with Crippen molar-refractivity contribution in [2.24, 2.45) is 0 Å². The number of anilines is 1. The fourth-order valence-electron chi connectivity index (χ4n) is 3.23. The summed E-state index contributed by atoms with van der Waals surface area (Å²) in [6.45, 7) is 1.39. The quantitative estimate of drug-likeness (QED) is 0.733. The molecule has 3 heterocycles. The van der Waals surface area contributed by atoms with Gasteiger partial charge in [-0.1, -0.05) is 6.07 Å². The van der Waals surface area contributed by atoms with E-state index in [0.29, 0.717) is 31.3 Å². The van der Waals surface area contributed by atoms with Gasteiger partial charge in [0.2, 0.25) is 0 Å². The van der Waals surface area contributed by atoms with Crippen molar-refractivity contribution in [2.45, 2.75) is 6.54 Å². The van der Waals surface area contributed by atoms with E-state index in [1.54, 1.807) is 38.8 Å². The zero-order chi connectivity index (χ0) is 20.4. The number of hydrogen-bond acceptors (Lipinski definition) is 7. The molecule has 0 saturated heterocycles. The van der Waals surface area contributed by atoms with Crippen LogP contribution in [0.4, 0.5) is 5.82 Å². The van der Waals surface area contributed by atoms with Gasteiger partial charge in [0, 0.05) is 44.2 Å². The number of phenols is 1. The largest absolute Gasteiger partial charge is 0.504 e. The number of carbonyl (C=O) groups is 1. The molecule has 3 aromatic rings. The normalized spacial score (nSPS) is 13.2. The molecule has 29 heavy (non-hydrogen) atoms. The number of fused-ring (bicyclic) bond motifs is 1. The van der Waals surface area contributed by atoms with Gasteiger partial charge in [0.1, 0.15) is 18.1 Å². The van der Waals surface area contributed by atoms with Crippen molar-refractivity contribution in [1.29, 1.82) is 0 Å². The highest BCUT2D eigenvalue weighted by molar-refractivity contribution is 5.91. The van der Waals surface area contributed by atoms with Crippen molar-refractivity contribution in [1.82, 2.24) is 19.9 Å². The minimum Gasteiger partial charge on any atom is -0.504 e. The fourth-order valence-corrected chi connectivity index (χ4v) is 3.23. The van der Waals surface area contributed by atoms with Crippen molar-refractivity contribution in [3.63, 3.8) is 0 Å². The molecule has 0 saturated carbocycles. The van der Waals surface area contributed by atoms with Crippen LogP contribution in [0.25, 0.3) is 11.1 Å². The van der Waals surface area contributed by atoms with Crippen molar-refractivity contribution in [2.75, 3.05) is 32.1 Å². The monoisotopic (exact) mass is 391 g/mol. The molecule has 2 aromatic heterocycles. The highest BCUT2D eigenvalue weighted by atomic mass is 16.5. The lowest BCUT2D eigenvalue weighted by atomic mass is 10.0. The number of aromatic hydroxyl groups is 1. The summed E-state index contributed by atoms with van der Waals surface area (Å²) in [5, 5.41) is 10.5. The molecule has 0 radical (unpaired) electrons. The zero-order valence-electron chi connectivity index (χ0n) is 16.2. The number of pyridine rings is 1. The van der Waals surface area contributed by atoms with Crippen LogP contribution in [0, 0.1) is 0 Å². The lowest BCUT2D eigenvalue weighted by molar-refractivity contribution is 0.0821. The predicted molar refractivity (Wildman–Crippen MR) is 108 cm³/mol. The summed E-state index contributed by atoms with van der Waals surface area (Å²) in [5.74, 6) is 0.933. The lowest BCUT2D eigenvalue weighted by Gasteiger charge is -2.21. The Bertz CT molecular complexity index is 1040. The Morgan fingerprint density at radius 2 is 2.03 bits per heavy atom. The molecular formula is C21H21N5O3. The highest BCUT2D eigenvalue weighted by Crippen LogP contribution is 2.38. The molecule has 0 spiro atoms. The molecule has 1 aromatic carbocycles. The number of aromatic nitrogens is 3. The number of rotatable bonds is 3. The third-order valence-corrected chi connectivity index (χ3v) is 4.68. The second-order valence-corrected chi connectivity index (χ2v) is 6.96. The van der Waals surface area contributed by atoms with Crippen LogP contribution < -0.4 is 9.64 Å². The number of hydrogen-bond donors (Lipinski definition) is 1. The third kappa shape index (κ3) is 3.82. The Morgan fingerprint density at radius 1 is 1.17 bits per heavy atom. The van der Waals surface area contributed by atoms with E-state index in [1.807, 2.05) is 23.1 Å². The van der Waals surface area contributed by atoms with Gasteiger partial charge in [-0.05, 0) is 23.8 Å². The Hall–Kier alpha value is -3.68. The number of amides is 1. The van der Waals surface area contributed by atoms with E-state index in [2.05, 4.69) is 15.0 Å². The summed E-state index contributed by atoms with van der Waals surface area (Å²) in [6, 6.07) is 7.45. The molecule has 4 rings (SSSR count). The molecule has 1 aliphatic heterocycles. The van der Waals surface area contributed by atoms with Gasteiger partial charge in [-0.2, -0.15) is 0 Å². The van der Waals surface area contributed by atoms with Gasteiger partial charge in [-0.3, -0.25) is 14.8 Å².